The number of alkyl halides is 1. The van der Waals surface area contributed by atoms with E-state index < -0.39 is 10.0 Å². The lowest BCUT2D eigenvalue weighted by atomic mass is 9.99. The van der Waals surface area contributed by atoms with E-state index in [-0.39, 0.29) is 16.9 Å². The molecule has 2 fully saturated rings. The molecule has 0 aromatic carbocycles. The van der Waals surface area contributed by atoms with Crippen LogP contribution in [-0.2, 0) is 15.9 Å². The maximum Gasteiger partial charge on any atom is 0.260 e. The summed E-state index contributed by atoms with van der Waals surface area (Å²) in [6.45, 7) is 4.41. The van der Waals surface area contributed by atoms with Crippen molar-refractivity contribution in [1.82, 2.24) is 19.4 Å². The number of hydrogen-bond donors (Lipinski definition) is 1. The molecule has 2 unspecified atom stereocenters. The zero-order valence-corrected chi connectivity index (χ0v) is 13.7. The van der Waals surface area contributed by atoms with E-state index in [2.05, 4.69) is 15.1 Å². The van der Waals surface area contributed by atoms with Gasteiger partial charge < -0.3 is 0 Å². The van der Waals surface area contributed by atoms with Crippen LogP contribution in [0, 0.1) is 0 Å². The number of nitrogens with one attached hydrogen (secondary N) is 1. The first-order chi connectivity index (χ1) is 10.0. The Morgan fingerprint density at radius 3 is 3.00 bits per heavy atom. The first-order valence-corrected chi connectivity index (χ1v) is 9.35. The minimum absolute atomic E-state index is 0.0316. The number of sulfonamides is 1. The second-order valence-electron chi connectivity index (χ2n) is 5.93. The van der Waals surface area contributed by atoms with E-state index >= 15 is 0 Å². The van der Waals surface area contributed by atoms with Gasteiger partial charge in [0.15, 0.2) is 5.03 Å². The lowest BCUT2D eigenvalue weighted by Gasteiger charge is -2.46. The molecule has 2 aliphatic rings. The summed E-state index contributed by atoms with van der Waals surface area (Å²) in [6.07, 6.45) is 4.96. The molecule has 118 valence electrons. The summed E-state index contributed by atoms with van der Waals surface area (Å²) >= 11 is 5.81. The first kappa shape index (κ1) is 15.3. The maximum absolute atomic E-state index is 12.9. The maximum atomic E-state index is 12.9. The lowest BCUT2D eigenvalue weighted by Crippen LogP contribution is -2.60. The lowest BCUT2D eigenvalue weighted by molar-refractivity contribution is 0.0563. The number of halogens is 1. The number of aromatic amines is 1. The van der Waals surface area contributed by atoms with E-state index in [0.717, 1.165) is 19.5 Å². The van der Waals surface area contributed by atoms with Crippen molar-refractivity contribution < 1.29 is 8.42 Å². The van der Waals surface area contributed by atoms with Gasteiger partial charge in [-0.15, -0.1) is 11.6 Å². The second kappa shape index (κ2) is 5.87. The molecule has 6 nitrogen and oxygen atoms in total. The molecular formula is C13H21ClN4O2S. The standard InChI is InChI=1S/C13H21ClN4O2S/c1-10-8-17-5-3-2-4-12(17)9-18(10)21(19,20)13-11(6-14)7-15-16-13/h7,10,12H,2-6,8-9H2,1H3,(H,15,16). The molecule has 1 aromatic heterocycles. The van der Waals surface area contributed by atoms with Crippen molar-refractivity contribution in [1.29, 1.82) is 0 Å². The van der Waals surface area contributed by atoms with E-state index in [1.54, 1.807) is 4.31 Å². The molecule has 3 rings (SSSR count). The number of hydrogen-bond acceptors (Lipinski definition) is 4. The van der Waals surface area contributed by atoms with Crippen LogP contribution in [0.3, 0.4) is 0 Å². The fraction of sp³-hybridized carbons (Fsp3) is 0.769. The van der Waals surface area contributed by atoms with E-state index in [1.165, 1.54) is 19.0 Å². The number of H-pyrrole nitrogens is 1. The molecule has 1 aromatic rings. The molecule has 0 bridgehead atoms. The van der Waals surface area contributed by atoms with Crippen molar-refractivity contribution in [2.75, 3.05) is 19.6 Å². The van der Waals surface area contributed by atoms with E-state index in [1.807, 2.05) is 6.92 Å². The molecule has 0 aliphatic carbocycles. The Morgan fingerprint density at radius 1 is 1.43 bits per heavy atom. The van der Waals surface area contributed by atoms with Crippen molar-refractivity contribution in [2.24, 2.45) is 0 Å². The van der Waals surface area contributed by atoms with Crippen molar-refractivity contribution in [3.05, 3.63) is 11.8 Å². The van der Waals surface area contributed by atoms with Crippen LogP contribution < -0.4 is 0 Å². The van der Waals surface area contributed by atoms with Gasteiger partial charge in [-0.1, -0.05) is 6.42 Å². The van der Waals surface area contributed by atoms with Crippen molar-refractivity contribution in [2.45, 2.75) is 49.2 Å². The molecule has 8 heteroatoms. The summed E-state index contributed by atoms with van der Waals surface area (Å²) < 4.78 is 27.4. The number of piperazine rings is 1. The second-order valence-corrected chi connectivity index (χ2v) is 8.02. The molecule has 2 atom stereocenters. The molecule has 3 heterocycles. The first-order valence-electron chi connectivity index (χ1n) is 7.38. The topological polar surface area (TPSA) is 69.3 Å². The number of nitrogens with zero attached hydrogens (tertiary/aromatic N) is 3. The monoisotopic (exact) mass is 332 g/mol. The third-order valence-corrected chi connectivity index (χ3v) is 6.80. The normalized spacial score (nSPS) is 28.5. The van der Waals surface area contributed by atoms with Gasteiger partial charge in [0.05, 0.1) is 12.1 Å². The molecule has 0 amide bonds. The molecule has 0 spiro atoms. The van der Waals surface area contributed by atoms with Gasteiger partial charge in [-0.3, -0.25) is 10.00 Å². The summed E-state index contributed by atoms with van der Waals surface area (Å²) in [5, 5.41) is 6.59. The molecule has 0 radical (unpaired) electrons. The van der Waals surface area contributed by atoms with Crippen LogP contribution in [0.25, 0.3) is 0 Å². The van der Waals surface area contributed by atoms with Gasteiger partial charge in [0, 0.05) is 30.7 Å². The predicted molar refractivity (Wildman–Crippen MR) is 80.7 cm³/mol. The smallest absolute Gasteiger partial charge is 0.260 e. The zero-order valence-electron chi connectivity index (χ0n) is 12.1. The highest BCUT2D eigenvalue weighted by atomic mass is 35.5. The fourth-order valence-corrected chi connectivity index (χ4v) is 5.44. The highest BCUT2D eigenvalue weighted by Gasteiger charge is 2.40. The highest BCUT2D eigenvalue weighted by molar-refractivity contribution is 7.89. The Labute approximate surface area is 130 Å². The van der Waals surface area contributed by atoms with Crippen molar-refractivity contribution in [3.8, 4) is 0 Å². The van der Waals surface area contributed by atoms with Gasteiger partial charge in [-0.25, -0.2) is 8.42 Å². The highest BCUT2D eigenvalue weighted by Crippen LogP contribution is 2.29. The Balaban J connectivity index is 1.88. The van der Waals surface area contributed by atoms with Gasteiger partial charge in [0.25, 0.3) is 10.0 Å². The van der Waals surface area contributed by atoms with Crippen LogP contribution in [0.4, 0.5) is 0 Å². The van der Waals surface area contributed by atoms with Gasteiger partial charge in [-0.2, -0.15) is 9.40 Å². The molecule has 0 saturated carbocycles. The molecular weight excluding hydrogens is 312 g/mol. The predicted octanol–water partition coefficient (Wildman–Crippen LogP) is 1.40. The largest absolute Gasteiger partial charge is 0.297 e. The van der Waals surface area contributed by atoms with Crippen LogP contribution in [0.2, 0.25) is 0 Å². The number of piperidine rings is 1. The number of fused-ring (bicyclic) bond motifs is 1. The fourth-order valence-electron chi connectivity index (χ4n) is 3.40. The Kier molecular flexibility index (Phi) is 4.27. The summed E-state index contributed by atoms with van der Waals surface area (Å²) in [4.78, 5) is 2.43. The summed E-state index contributed by atoms with van der Waals surface area (Å²) in [6, 6.07) is 0.308. The third-order valence-electron chi connectivity index (χ3n) is 4.52. The zero-order chi connectivity index (χ0) is 15.0. The number of rotatable bonds is 3. The third kappa shape index (κ3) is 2.72. The average Bonchev–Trinajstić information content (AvgIpc) is 2.95. The van der Waals surface area contributed by atoms with E-state index in [9.17, 15) is 8.42 Å². The molecule has 1 N–H and O–H groups in total. The summed E-state index contributed by atoms with van der Waals surface area (Å²) in [5.41, 5.74) is 0.537. The van der Waals surface area contributed by atoms with E-state index in [0.29, 0.717) is 18.2 Å². The van der Waals surface area contributed by atoms with Crippen molar-refractivity contribution in [3.63, 3.8) is 0 Å². The minimum atomic E-state index is -3.56. The van der Waals surface area contributed by atoms with Crippen molar-refractivity contribution >= 4 is 21.6 Å². The Hall–Kier alpha value is -0.630. The van der Waals surface area contributed by atoms with Gasteiger partial charge >= 0.3 is 0 Å². The molecule has 2 saturated heterocycles. The summed E-state index contributed by atoms with van der Waals surface area (Å²) in [7, 11) is -3.56. The van der Waals surface area contributed by atoms with Crippen LogP contribution in [0.1, 0.15) is 31.7 Å². The quantitative estimate of drug-likeness (QED) is 0.849. The average molecular weight is 333 g/mol. The SMILES string of the molecule is CC1CN2CCCCC2CN1S(=O)(=O)c1[nH]ncc1CCl. The summed E-state index contributed by atoms with van der Waals surface area (Å²) in [5.74, 6) is 0.142. The number of aromatic nitrogens is 2. The van der Waals surface area contributed by atoms with Crippen LogP contribution >= 0.6 is 11.6 Å². The molecule has 21 heavy (non-hydrogen) atoms. The Bertz CT molecular complexity index is 603. The van der Waals surface area contributed by atoms with Gasteiger partial charge in [0.1, 0.15) is 0 Å². The van der Waals surface area contributed by atoms with Gasteiger partial charge in [-0.05, 0) is 26.3 Å². The van der Waals surface area contributed by atoms with Crippen LogP contribution in [0.15, 0.2) is 11.2 Å². The van der Waals surface area contributed by atoms with Crippen LogP contribution in [-0.4, -0.2) is 59.5 Å². The van der Waals surface area contributed by atoms with Gasteiger partial charge in [0.2, 0.25) is 0 Å². The van der Waals surface area contributed by atoms with E-state index in [4.69, 9.17) is 11.6 Å². The molecule has 2 aliphatic heterocycles. The Morgan fingerprint density at radius 2 is 2.24 bits per heavy atom. The van der Waals surface area contributed by atoms with Crippen LogP contribution in [0.5, 0.6) is 0 Å². The minimum Gasteiger partial charge on any atom is -0.297 e.